The maximum Gasteiger partial charge on any atom is 0.205 e. The molecule has 1 N–H and O–H groups in total. The van der Waals surface area contributed by atoms with Crippen molar-refractivity contribution in [3.05, 3.63) is 77.1 Å². The molecule has 6 nitrogen and oxygen atoms in total. The van der Waals surface area contributed by atoms with Gasteiger partial charge < -0.3 is 4.74 Å². The lowest BCUT2D eigenvalue weighted by atomic mass is 9.98. The maximum absolute atomic E-state index is 6.30. The summed E-state index contributed by atoms with van der Waals surface area (Å²) in [5.74, 6) is 1.56. The number of H-pyrrole nitrogens is 1. The van der Waals surface area contributed by atoms with Gasteiger partial charge in [0.15, 0.2) is 0 Å². The van der Waals surface area contributed by atoms with Gasteiger partial charge in [0.05, 0.1) is 0 Å². The number of nitrogens with zero attached hydrogens (tertiary/aromatic N) is 4. The van der Waals surface area contributed by atoms with Crippen LogP contribution >= 0.6 is 0 Å². The number of nitrogens with one attached hydrogen (secondary N) is 1. The summed E-state index contributed by atoms with van der Waals surface area (Å²) in [5.41, 5.74) is 7.75. The van der Waals surface area contributed by atoms with Gasteiger partial charge in [0.2, 0.25) is 5.82 Å². The zero-order valence-corrected chi connectivity index (χ0v) is 20.9. The van der Waals surface area contributed by atoms with Crippen LogP contribution in [0.5, 0.6) is 5.75 Å². The highest BCUT2D eigenvalue weighted by molar-refractivity contribution is 5.80. The van der Waals surface area contributed by atoms with Crippen LogP contribution < -0.4 is 4.74 Å². The van der Waals surface area contributed by atoms with Crippen LogP contribution in [0.2, 0.25) is 0 Å². The number of pyridine rings is 1. The average molecular weight is 458 g/mol. The van der Waals surface area contributed by atoms with Crippen molar-refractivity contribution in [1.82, 2.24) is 25.6 Å². The average Bonchev–Trinajstić information content (AvgIpc) is 3.44. The number of aryl methyl sites for hydroxylation is 2. The molecule has 0 aliphatic rings. The van der Waals surface area contributed by atoms with Crippen LogP contribution in [-0.2, 0) is 25.9 Å². The van der Waals surface area contributed by atoms with E-state index in [2.05, 4.69) is 77.8 Å². The Morgan fingerprint density at radius 1 is 0.882 bits per heavy atom. The number of rotatable bonds is 9. The van der Waals surface area contributed by atoms with Crippen LogP contribution in [-0.4, -0.2) is 25.6 Å². The van der Waals surface area contributed by atoms with E-state index >= 15 is 0 Å². The first-order valence-corrected chi connectivity index (χ1v) is 12.3. The first-order valence-electron chi connectivity index (χ1n) is 12.3. The Kier molecular flexibility index (Phi) is 9.32. The molecule has 0 fully saturated rings. The minimum atomic E-state index is 0.526. The van der Waals surface area contributed by atoms with E-state index in [9.17, 15) is 0 Å². The van der Waals surface area contributed by atoms with Gasteiger partial charge in [-0.15, -0.1) is 10.2 Å². The maximum atomic E-state index is 6.30. The van der Waals surface area contributed by atoms with Crippen molar-refractivity contribution < 1.29 is 4.74 Å². The minimum Gasteiger partial charge on any atom is -0.488 e. The molecule has 0 aliphatic heterocycles. The molecule has 0 unspecified atom stereocenters. The Morgan fingerprint density at radius 3 is 2.24 bits per heavy atom. The van der Waals surface area contributed by atoms with Crippen LogP contribution in [0, 0.1) is 0 Å². The summed E-state index contributed by atoms with van der Waals surface area (Å²) in [5, 5.41) is 14.5. The highest BCUT2D eigenvalue weighted by Crippen LogP contribution is 2.30. The summed E-state index contributed by atoms with van der Waals surface area (Å²) in [4.78, 5) is 4.85. The second-order valence-electron chi connectivity index (χ2n) is 7.76. The molecule has 0 amide bonds. The fourth-order valence-electron chi connectivity index (χ4n) is 3.93. The van der Waals surface area contributed by atoms with E-state index in [4.69, 9.17) is 9.72 Å². The molecule has 6 heteroatoms. The van der Waals surface area contributed by atoms with Gasteiger partial charge in [-0.2, -0.15) is 5.21 Å². The van der Waals surface area contributed by atoms with E-state index in [1.165, 1.54) is 11.3 Å². The molecule has 4 rings (SSSR count). The van der Waals surface area contributed by atoms with Gasteiger partial charge in [-0.3, -0.25) is 4.98 Å². The van der Waals surface area contributed by atoms with Crippen LogP contribution in [0.25, 0.3) is 22.5 Å². The molecule has 178 valence electrons. The number of tetrazole rings is 1. The van der Waals surface area contributed by atoms with Crippen molar-refractivity contribution in [2.75, 3.05) is 0 Å². The second kappa shape index (κ2) is 12.6. The predicted molar refractivity (Wildman–Crippen MR) is 138 cm³/mol. The monoisotopic (exact) mass is 457 g/mol. The number of aromatic amines is 1. The van der Waals surface area contributed by atoms with Gasteiger partial charge in [-0.1, -0.05) is 89.6 Å². The molecule has 2 heterocycles. The number of benzene rings is 2. The van der Waals surface area contributed by atoms with Gasteiger partial charge in [0.1, 0.15) is 12.4 Å². The standard InChI is InChI=1S/C26H29N5O.C2H6/c1-4-9-24-21(6-3)25(16-20(5-2)27-24)32-17-18-12-14-19(15-13-18)22-10-7-8-11-23(22)26-28-30-31-29-26;1-2/h7-8,10-16H,4-6,9,17H2,1-3H3,(H,28,29,30,31);1-2H3. The molecule has 2 aromatic carbocycles. The summed E-state index contributed by atoms with van der Waals surface area (Å²) < 4.78 is 6.30. The molecule has 2 aromatic heterocycles. The van der Waals surface area contributed by atoms with Crippen LogP contribution in [0.15, 0.2) is 54.6 Å². The smallest absolute Gasteiger partial charge is 0.205 e. The van der Waals surface area contributed by atoms with Crippen molar-refractivity contribution in [1.29, 1.82) is 0 Å². The lowest BCUT2D eigenvalue weighted by Crippen LogP contribution is -2.06. The van der Waals surface area contributed by atoms with Gasteiger partial charge >= 0.3 is 0 Å². The van der Waals surface area contributed by atoms with Crippen LogP contribution in [0.3, 0.4) is 0 Å². The number of ether oxygens (including phenoxy) is 1. The Labute approximate surface area is 202 Å². The van der Waals surface area contributed by atoms with Crippen LogP contribution in [0.4, 0.5) is 0 Å². The minimum absolute atomic E-state index is 0.526. The molecule has 0 atom stereocenters. The Morgan fingerprint density at radius 2 is 1.62 bits per heavy atom. The first kappa shape index (κ1) is 25.1. The fourth-order valence-corrected chi connectivity index (χ4v) is 3.93. The lowest BCUT2D eigenvalue weighted by molar-refractivity contribution is 0.302. The summed E-state index contributed by atoms with van der Waals surface area (Å²) in [6.07, 6.45) is 3.90. The van der Waals surface area contributed by atoms with Gasteiger partial charge in [-0.25, -0.2) is 0 Å². The highest BCUT2D eigenvalue weighted by atomic mass is 16.5. The number of hydrogen-bond acceptors (Lipinski definition) is 5. The van der Waals surface area contributed by atoms with Crippen molar-refractivity contribution >= 4 is 0 Å². The number of aromatic nitrogens is 5. The van der Waals surface area contributed by atoms with Crippen molar-refractivity contribution in [3.8, 4) is 28.3 Å². The Bertz CT molecular complexity index is 1150. The molecule has 4 aromatic rings. The predicted octanol–water partition coefficient (Wildman–Crippen LogP) is 6.61. The van der Waals surface area contributed by atoms with Gasteiger partial charge in [0, 0.05) is 28.6 Å². The number of hydrogen-bond donors (Lipinski definition) is 1. The second-order valence-corrected chi connectivity index (χ2v) is 7.76. The van der Waals surface area contributed by atoms with E-state index in [1.807, 2.05) is 32.0 Å². The quantitative estimate of drug-likeness (QED) is 0.306. The van der Waals surface area contributed by atoms with E-state index < -0.39 is 0 Å². The van der Waals surface area contributed by atoms with E-state index in [0.29, 0.717) is 12.4 Å². The third-order valence-electron chi connectivity index (χ3n) is 5.60. The molecule has 34 heavy (non-hydrogen) atoms. The Hall–Kier alpha value is -3.54. The molecule has 0 saturated carbocycles. The molecule has 0 aliphatic carbocycles. The lowest BCUT2D eigenvalue weighted by Gasteiger charge is -2.16. The summed E-state index contributed by atoms with van der Waals surface area (Å²) in [6.45, 7) is 11.0. The van der Waals surface area contributed by atoms with E-state index in [-0.39, 0.29) is 0 Å². The largest absolute Gasteiger partial charge is 0.488 e. The fraction of sp³-hybridized carbons (Fsp3) is 0.357. The summed E-state index contributed by atoms with van der Waals surface area (Å²) in [6, 6.07) is 18.6. The molecule has 0 radical (unpaired) electrons. The van der Waals surface area contributed by atoms with E-state index in [1.54, 1.807) is 0 Å². The zero-order chi connectivity index (χ0) is 24.3. The normalized spacial score (nSPS) is 10.5. The van der Waals surface area contributed by atoms with Gasteiger partial charge in [0.25, 0.3) is 0 Å². The molecule has 0 spiro atoms. The molecular weight excluding hydrogens is 422 g/mol. The summed E-state index contributed by atoms with van der Waals surface area (Å²) >= 11 is 0. The summed E-state index contributed by atoms with van der Waals surface area (Å²) in [7, 11) is 0. The highest BCUT2D eigenvalue weighted by Gasteiger charge is 2.13. The van der Waals surface area contributed by atoms with Crippen molar-refractivity contribution in [3.63, 3.8) is 0 Å². The third kappa shape index (κ3) is 5.87. The molecular formula is C28H35N5O. The zero-order valence-electron chi connectivity index (χ0n) is 20.9. The third-order valence-corrected chi connectivity index (χ3v) is 5.60. The molecule has 0 saturated heterocycles. The van der Waals surface area contributed by atoms with E-state index in [0.717, 1.165) is 59.4 Å². The molecule has 0 bridgehead atoms. The topological polar surface area (TPSA) is 76.6 Å². The SMILES string of the molecule is CC.CCCc1nc(CC)cc(OCc2ccc(-c3ccccc3-c3nn[nH]n3)cc2)c1CC. The van der Waals surface area contributed by atoms with Crippen molar-refractivity contribution in [2.24, 2.45) is 0 Å². The van der Waals surface area contributed by atoms with Crippen LogP contribution in [0.1, 0.15) is 63.6 Å². The Balaban J connectivity index is 0.00000158. The van der Waals surface area contributed by atoms with Crippen molar-refractivity contribution in [2.45, 2.75) is 66.9 Å². The first-order chi connectivity index (χ1) is 16.7. The van der Waals surface area contributed by atoms with Gasteiger partial charge in [-0.05, 0) is 41.2 Å².